The molecule has 39 heavy (non-hydrogen) atoms. The summed E-state index contributed by atoms with van der Waals surface area (Å²) in [6.45, 7) is 8.18. The number of benzene rings is 3. The second kappa shape index (κ2) is 8.20. The Kier molecular flexibility index (Phi) is 5.04. The molecule has 7 heteroatoms. The zero-order chi connectivity index (χ0) is 27.2. The lowest BCUT2D eigenvalue weighted by molar-refractivity contribution is -0.123. The first-order chi connectivity index (χ1) is 18.8. The predicted octanol–water partition coefficient (Wildman–Crippen LogP) is 4.38. The van der Waals surface area contributed by atoms with Crippen LogP contribution in [-0.2, 0) is 15.1 Å². The van der Waals surface area contributed by atoms with E-state index in [1.54, 1.807) is 10.6 Å². The third kappa shape index (κ3) is 3.02. The van der Waals surface area contributed by atoms with Crippen LogP contribution in [0.2, 0.25) is 0 Å². The number of nitrogens with zero attached hydrogens (tertiary/aromatic N) is 3. The number of amides is 2. The molecular formula is C32H30N4O3. The van der Waals surface area contributed by atoms with E-state index in [2.05, 4.69) is 19.2 Å². The fourth-order valence-electron chi connectivity index (χ4n) is 7.14. The summed E-state index contributed by atoms with van der Waals surface area (Å²) in [5, 5.41) is 4.29. The van der Waals surface area contributed by atoms with Crippen LogP contribution in [0, 0.1) is 31.6 Å². The summed E-state index contributed by atoms with van der Waals surface area (Å²) in [6.07, 6.45) is 0.711. The molecule has 0 aliphatic carbocycles. The second-order valence-corrected chi connectivity index (χ2v) is 11.5. The van der Waals surface area contributed by atoms with Crippen LogP contribution in [0.15, 0.2) is 71.5 Å². The molecule has 2 fully saturated rings. The Morgan fingerprint density at radius 3 is 2.41 bits per heavy atom. The maximum Gasteiger partial charge on any atom is 0.266 e. The van der Waals surface area contributed by atoms with Gasteiger partial charge in [-0.25, -0.2) is 9.88 Å². The molecule has 0 unspecified atom stereocenters. The van der Waals surface area contributed by atoms with Crippen molar-refractivity contribution >= 4 is 28.4 Å². The topological polar surface area (TPSA) is 84.3 Å². The number of aryl methyl sites for hydroxylation is 1. The molecule has 7 rings (SSSR count). The van der Waals surface area contributed by atoms with Crippen molar-refractivity contribution in [2.24, 2.45) is 17.8 Å². The largest absolute Gasteiger partial charge is 0.297 e. The van der Waals surface area contributed by atoms with E-state index >= 15 is 0 Å². The molecule has 196 valence electrons. The number of para-hydroxylation sites is 2. The van der Waals surface area contributed by atoms with Crippen molar-refractivity contribution in [3.05, 3.63) is 99.6 Å². The first-order valence-corrected chi connectivity index (χ1v) is 13.6. The van der Waals surface area contributed by atoms with Crippen molar-refractivity contribution in [1.82, 2.24) is 14.9 Å². The second-order valence-electron chi connectivity index (χ2n) is 11.5. The van der Waals surface area contributed by atoms with Gasteiger partial charge in [-0.2, -0.15) is 0 Å². The highest BCUT2D eigenvalue weighted by atomic mass is 16.2. The summed E-state index contributed by atoms with van der Waals surface area (Å²) in [7, 11) is 0. The lowest BCUT2D eigenvalue weighted by atomic mass is 9.75. The van der Waals surface area contributed by atoms with Gasteiger partial charge in [-0.1, -0.05) is 56.3 Å². The molecule has 1 aromatic heterocycles. The Hall–Kier alpha value is -4.10. The van der Waals surface area contributed by atoms with Crippen molar-refractivity contribution in [2.75, 3.05) is 4.90 Å². The number of aromatic nitrogens is 2. The zero-order valence-electron chi connectivity index (χ0n) is 22.4. The molecule has 1 N–H and O–H groups in total. The Morgan fingerprint density at radius 1 is 0.897 bits per heavy atom. The summed E-state index contributed by atoms with van der Waals surface area (Å²) >= 11 is 0. The number of anilines is 1. The van der Waals surface area contributed by atoms with Gasteiger partial charge in [0.2, 0.25) is 11.8 Å². The quantitative estimate of drug-likeness (QED) is 0.407. The van der Waals surface area contributed by atoms with E-state index in [-0.39, 0.29) is 23.4 Å². The highest BCUT2D eigenvalue weighted by Gasteiger charge is 2.69. The summed E-state index contributed by atoms with van der Waals surface area (Å²) in [5.41, 5.74) is 3.38. The smallest absolute Gasteiger partial charge is 0.266 e. The Labute approximate surface area is 226 Å². The molecule has 3 aliphatic rings. The number of nitrogens with one attached hydrogen (secondary N) is 1. The van der Waals surface area contributed by atoms with Gasteiger partial charge in [0.05, 0.1) is 34.1 Å². The molecule has 3 aliphatic heterocycles. The average Bonchev–Trinajstić information content (AvgIpc) is 3.49. The minimum atomic E-state index is -1.11. The molecule has 0 radical (unpaired) electrons. The molecule has 3 aromatic carbocycles. The molecule has 7 nitrogen and oxygen atoms in total. The van der Waals surface area contributed by atoms with Crippen LogP contribution in [0.5, 0.6) is 0 Å². The highest BCUT2D eigenvalue weighted by molar-refractivity contribution is 6.23. The van der Waals surface area contributed by atoms with Crippen LogP contribution in [0.1, 0.15) is 42.8 Å². The summed E-state index contributed by atoms with van der Waals surface area (Å²) in [6, 6.07) is 20.5. The van der Waals surface area contributed by atoms with E-state index in [9.17, 15) is 14.4 Å². The molecular weight excluding hydrogens is 488 g/mol. The number of imide groups is 1. The van der Waals surface area contributed by atoms with E-state index in [1.807, 2.05) is 74.5 Å². The lowest BCUT2D eigenvalue weighted by Crippen LogP contribution is -2.50. The first-order valence-electron chi connectivity index (χ1n) is 13.6. The van der Waals surface area contributed by atoms with E-state index in [1.165, 1.54) is 4.90 Å². The van der Waals surface area contributed by atoms with Gasteiger partial charge in [-0.15, -0.1) is 0 Å². The normalized spacial score (nSPS) is 25.2. The first kappa shape index (κ1) is 24.0. The number of fused-ring (bicyclic) bond motifs is 8. The molecule has 1 spiro atoms. The van der Waals surface area contributed by atoms with E-state index in [0.29, 0.717) is 40.4 Å². The Balaban J connectivity index is 1.53. The van der Waals surface area contributed by atoms with Gasteiger partial charge in [0, 0.05) is 11.6 Å². The minimum Gasteiger partial charge on any atom is -0.297 e. The molecule has 2 amide bonds. The van der Waals surface area contributed by atoms with Gasteiger partial charge < -0.3 is 0 Å². The number of hydrogen-bond donors (Lipinski definition) is 1. The van der Waals surface area contributed by atoms with Crippen LogP contribution in [-0.4, -0.2) is 27.4 Å². The highest BCUT2D eigenvalue weighted by Crippen LogP contribution is 2.56. The van der Waals surface area contributed by atoms with Crippen molar-refractivity contribution in [2.45, 2.75) is 45.7 Å². The summed E-state index contributed by atoms with van der Waals surface area (Å²) < 4.78 is 1.65. The van der Waals surface area contributed by atoms with E-state index in [0.717, 1.165) is 16.7 Å². The van der Waals surface area contributed by atoms with Gasteiger partial charge in [-0.05, 0) is 61.6 Å². The third-order valence-corrected chi connectivity index (χ3v) is 8.90. The molecule has 4 aromatic rings. The lowest BCUT2D eigenvalue weighted by Gasteiger charge is -2.32. The maximum absolute atomic E-state index is 14.6. The molecule has 4 atom stereocenters. The zero-order valence-corrected chi connectivity index (χ0v) is 22.4. The third-order valence-electron chi connectivity index (χ3n) is 8.90. The Morgan fingerprint density at radius 2 is 1.62 bits per heavy atom. The average molecular weight is 519 g/mol. The molecule has 0 bridgehead atoms. The SMILES string of the molecule is Cc1cccc(N2C(=O)[C@H]3[C@H](CC(C)C)N[C@@]4(c5ccccc5-n5c4nc4ccccc4c5=O)[C@H]3C2=O)c1C. The minimum absolute atomic E-state index is 0.172. The monoisotopic (exact) mass is 518 g/mol. The number of carbonyl (C=O) groups is 2. The van der Waals surface area contributed by atoms with Crippen molar-refractivity contribution in [3.63, 3.8) is 0 Å². The summed E-state index contributed by atoms with van der Waals surface area (Å²) in [5.74, 6) is -0.979. The van der Waals surface area contributed by atoms with Gasteiger partial charge in [0.15, 0.2) is 0 Å². The number of hydrogen-bond acceptors (Lipinski definition) is 5. The predicted molar refractivity (Wildman–Crippen MR) is 150 cm³/mol. The van der Waals surface area contributed by atoms with Crippen LogP contribution in [0.4, 0.5) is 5.69 Å². The van der Waals surface area contributed by atoms with Gasteiger partial charge in [0.25, 0.3) is 5.56 Å². The van der Waals surface area contributed by atoms with Crippen LogP contribution < -0.4 is 15.8 Å². The van der Waals surface area contributed by atoms with Crippen molar-refractivity contribution in [1.29, 1.82) is 0 Å². The van der Waals surface area contributed by atoms with Gasteiger partial charge in [0.1, 0.15) is 11.4 Å². The van der Waals surface area contributed by atoms with E-state index < -0.39 is 17.4 Å². The van der Waals surface area contributed by atoms with Crippen molar-refractivity contribution < 1.29 is 9.59 Å². The van der Waals surface area contributed by atoms with Crippen LogP contribution in [0.3, 0.4) is 0 Å². The maximum atomic E-state index is 14.6. The van der Waals surface area contributed by atoms with Crippen LogP contribution >= 0.6 is 0 Å². The fourth-order valence-corrected chi connectivity index (χ4v) is 7.14. The van der Waals surface area contributed by atoms with Crippen LogP contribution in [0.25, 0.3) is 16.6 Å². The van der Waals surface area contributed by atoms with E-state index in [4.69, 9.17) is 4.98 Å². The van der Waals surface area contributed by atoms with Gasteiger partial charge >= 0.3 is 0 Å². The molecule has 2 saturated heterocycles. The fraction of sp³-hybridized carbons (Fsp3) is 0.312. The number of carbonyl (C=O) groups excluding carboxylic acids is 2. The summed E-state index contributed by atoms with van der Waals surface area (Å²) in [4.78, 5) is 49.2. The molecule has 4 heterocycles. The Bertz CT molecular complexity index is 1770. The van der Waals surface area contributed by atoms with Crippen molar-refractivity contribution in [3.8, 4) is 5.69 Å². The number of rotatable bonds is 3. The standard InChI is InChI=1S/C32H30N4O3/c1-17(2)16-23-26-27(30(39)35(29(26)38)24-15-9-10-18(3)19(24)4)32(34-23)21-12-6-8-14-25(21)36-28(37)20-11-5-7-13-22(20)33-31(32)36/h5-15,17,23,26-27,34H,16H2,1-4H3/t23-,26-,27+,32-/m0/s1. The van der Waals surface area contributed by atoms with Gasteiger partial charge in [-0.3, -0.25) is 24.3 Å². The molecule has 0 saturated carbocycles.